The van der Waals surface area contributed by atoms with Gasteiger partial charge in [0.25, 0.3) is 5.92 Å². The molecule has 1 aliphatic rings. The lowest BCUT2D eigenvalue weighted by atomic mass is 9.95. The van der Waals surface area contributed by atoms with E-state index < -0.39 is 36.2 Å². The second kappa shape index (κ2) is 4.85. The summed E-state index contributed by atoms with van der Waals surface area (Å²) in [5.74, 6) is -3.95. The van der Waals surface area contributed by atoms with Gasteiger partial charge in [0.05, 0.1) is 18.5 Å². The molecule has 1 aliphatic carbocycles. The normalized spacial score (nSPS) is 17.1. The average molecular weight is 272 g/mol. The number of carbonyl (C=O) groups is 1. The Morgan fingerprint density at radius 2 is 1.89 bits per heavy atom. The fraction of sp³-hybridized carbons (Fsp3) is 0.462. The average Bonchev–Trinajstić information content (AvgIpc) is 3.18. The Hall–Kier alpha value is -1.56. The zero-order valence-electron chi connectivity index (χ0n) is 10.3. The lowest BCUT2D eigenvalue weighted by Gasteiger charge is -2.19. The molecule has 1 saturated carbocycles. The first-order valence-corrected chi connectivity index (χ1v) is 6.02. The van der Waals surface area contributed by atoms with Gasteiger partial charge in [0, 0.05) is 0 Å². The summed E-state index contributed by atoms with van der Waals surface area (Å²) in [6, 6.07) is 5.56. The van der Waals surface area contributed by atoms with Gasteiger partial charge in [-0.05, 0) is 30.5 Å². The Kier molecular flexibility index (Phi) is 3.54. The third-order valence-corrected chi connectivity index (χ3v) is 3.39. The molecule has 0 aromatic heterocycles. The van der Waals surface area contributed by atoms with Crippen LogP contribution in [0.3, 0.4) is 0 Å². The van der Waals surface area contributed by atoms with Crippen molar-refractivity contribution in [3.8, 4) is 0 Å². The van der Waals surface area contributed by atoms with Gasteiger partial charge in [-0.15, -0.1) is 0 Å². The van der Waals surface area contributed by atoms with Crippen molar-refractivity contribution in [2.75, 3.05) is 13.1 Å². The fourth-order valence-electron chi connectivity index (χ4n) is 1.99. The number of hydrogen-bond acceptors (Lipinski definition) is 2. The lowest BCUT2D eigenvalue weighted by molar-refractivity contribution is -0.125. The van der Waals surface area contributed by atoms with Gasteiger partial charge in [0.15, 0.2) is 0 Å². The predicted molar refractivity (Wildman–Crippen MR) is 64.3 cm³/mol. The van der Waals surface area contributed by atoms with Crippen LogP contribution < -0.4 is 11.1 Å². The second-order valence-electron chi connectivity index (χ2n) is 4.83. The Morgan fingerprint density at radius 1 is 1.32 bits per heavy atom. The molecule has 104 valence electrons. The number of halogens is 3. The quantitative estimate of drug-likeness (QED) is 0.854. The van der Waals surface area contributed by atoms with E-state index in [1.54, 1.807) is 0 Å². The van der Waals surface area contributed by atoms with Crippen LogP contribution in [0.25, 0.3) is 0 Å². The molecule has 1 aromatic rings. The first-order valence-electron chi connectivity index (χ1n) is 6.02. The second-order valence-corrected chi connectivity index (χ2v) is 4.83. The molecule has 0 aliphatic heterocycles. The standard InChI is InChI=1S/C13H15F3N2O/c14-10-3-1-9(2-4-10)12(5-6-12)11(19)18-8-13(15,16)7-17/h1-4H,5-8,17H2,(H,18,19). The van der Waals surface area contributed by atoms with Gasteiger partial charge >= 0.3 is 0 Å². The molecule has 3 nitrogen and oxygen atoms in total. The summed E-state index contributed by atoms with van der Waals surface area (Å²) in [4.78, 5) is 12.0. The highest BCUT2D eigenvalue weighted by molar-refractivity contribution is 5.91. The molecule has 6 heteroatoms. The van der Waals surface area contributed by atoms with E-state index in [0.29, 0.717) is 18.4 Å². The molecule has 0 radical (unpaired) electrons. The van der Waals surface area contributed by atoms with Crippen molar-refractivity contribution in [3.05, 3.63) is 35.6 Å². The van der Waals surface area contributed by atoms with Crippen molar-refractivity contribution in [1.82, 2.24) is 5.32 Å². The van der Waals surface area contributed by atoms with Crippen molar-refractivity contribution in [1.29, 1.82) is 0 Å². The van der Waals surface area contributed by atoms with Crippen LogP contribution in [0.5, 0.6) is 0 Å². The number of amides is 1. The first kappa shape index (κ1) is 13.9. The number of hydrogen-bond donors (Lipinski definition) is 2. The minimum absolute atomic E-state index is 0.394. The molecular weight excluding hydrogens is 257 g/mol. The van der Waals surface area contributed by atoms with Crippen LogP contribution in [0.1, 0.15) is 18.4 Å². The van der Waals surface area contributed by atoms with Crippen molar-refractivity contribution in [2.45, 2.75) is 24.2 Å². The zero-order valence-corrected chi connectivity index (χ0v) is 10.3. The zero-order chi connectivity index (χ0) is 14.1. The van der Waals surface area contributed by atoms with Crippen LogP contribution in [0, 0.1) is 5.82 Å². The summed E-state index contributed by atoms with van der Waals surface area (Å²) < 4.78 is 38.8. The third-order valence-electron chi connectivity index (χ3n) is 3.39. The van der Waals surface area contributed by atoms with Crippen molar-refractivity contribution in [2.24, 2.45) is 5.73 Å². The van der Waals surface area contributed by atoms with Gasteiger partial charge in [-0.25, -0.2) is 13.2 Å². The minimum Gasteiger partial charge on any atom is -0.349 e. The summed E-state index contributed by atoms with van der Waals surface area (Å²) in [6.45, 7) is -1.58. The van der Waals surface area contributed by atoms with Crippen LogP contribution in [0.15, 0.2) is 24.3 Å². The molecule has 0 spiro atoms. The van der Waals surface area contributed by atoms with Crippen LogP contribution in [-0.2, 0) is 10.2 Å². The minimum atomic E-state index is -3.10. The van der Waals surface area contributed by atoms with Crippen LogP contribution >= 0.6 is 0 Å². The maximum atomic E-state index is 13.0. The Labute approximate surface area is 109 Å². The number of rotatable bonds is 5. The Morgan fingerprint density at radius 3 is 2.37 bits per heavy atom. The van der Waals surface area contributed by atoms with Crippen LogP contribution in [0.4, 0.5) is 13.2 Å². The van der Waals surface area contributed by atoms with Crippen molar-refractivity contribution < 1.29 is 18.0 Å². The molecule has 0 atom stereocenters. The maximum absolute atomic E-state index is 13.0. The third kappa shape index (κ3) is 2.89. The summed E-state index contributed by atoms with van der Waals surface area (Å²) in [7, 11) is 0. The van der Waals surface area contributed by atoms with Gasteiger partial charge < -0.3 is 11.1 Å². The summed E-state index contributed by atoms with van der Waals surface area (Å²) in [6.07, 6.45) is 1.16. The van der Waals surface area contributed by atoms with E-state index in [1.807, 2.05) is 0 Å². The monoisotopic (exact) mass is 272 g/mol. The molecule has 19 heavy (non-hydrogen) atoms. The van der Waals surface area contributed by atoms with E-state index in [-0.39, 0.29) is 0 Å². The summed E-state index contributed by atoms with van der Waals surface area (Å²) >= 11 is 0. The molecule has 3 N–H and O–H groups in total. The molecule has 1 amide bonds. The van der Waals surface area contributed by atoms with Crippen LogP contribution in [-0.4, -0.2) is 24.9 Å². The Bertz CT molecular complexity index is 469. The molecule has 0 unspecified atom stereocenters. The van der Waals surface area contributed by atoms with Crippen molar-refractivity contribution in [3.63, 3.8) is 0 Å². The Balaban J connectivity index is 2.04. The van der Waals surface area contributed by atoms with Crippen LogP contribution in [0.2, 0.25) is 0 Å². The number of benzene rings is 1. The number of nitrogens with one attached hydrogen (secondary N) is 1. The van der Waals surface area contributed by atoms with E-state index in [0.717, 1.165) is 0 Å². The van der Waals surface area contributed by atoms with E-state index in [9.17, 15) is 18.0 Å². The topological polar surface area (TPSA) is 55.1 Å². The molecule has 2 rings (SSSR count). The molecule has 1 fully saturated rings. The number of nitrogens with two attached hydrogens (primary N) is 1. The fourth-order valence-corrected chi connectivity index (χ4v) is 1.99. The van der Waals surface area contributed by atoms with Gasteiger partial charge in [0.2, 0.25) is 5.91 Å². The molecule has 0 bridgehead atoms. The lowest BCUT2D eigenvalue weighted by Crippen LogP contribution is -2.45. The van der Waals surface area contributed by atoms with Gasteiger partial charge in [-0.3, -0.25) is 4.79 Å². The van der Waals surface area contributed by atoms with E-state index >= 15 is 0 Å². The smallest absolute Gasteiger partial charge is 0.277 e. The SMILES string of the molecule is NCC(F)(F)CNC(=O)C1(c2ccc(F)cc2)CC1. The predicted octanol–water partition coefficient (Wildman–Crippen LogP) is 1.57. The summed E-state index contributed by atoms with van der Waals surface area (Å²) in [5, 5.41) is 2.23. The van der Waals surface area contributed by atoms with E-state index in [4.69, 9.17) is 5.73 Å². The maximum Gasteiger partial charge on any atom is 0.277 e. The van der Waals surface area contributed by atoms with Gasteiger partial charge in [-0.1, -0.05) is 12.1 Å². The highest BCUT2D eigenvalue weighted by atomic mass is 19.3. The summed E-state index contributed by atoms with van der Waals surface area (Å²) in [5.41, 5.74) is 4.78. The molecule has 0 saturated heterocycles. The molecule has 1 aromatic carbocycles. The van der Waals surface area contributed by atoms with E-state index in [1.165, 1.54) is 24.3 Å². The largest absolute Gasteiger partial charge is 0.349 e. The number of alkyl halides is 2. The van der Waals surface area contributed by atoms with E-state index in [2.05, 4.69) is 5.32 Å². The van der Waals surface area contributed by atoms with Gasteiger partial charge in [0.1, 0.15) is 5.82 Å². The highest BCUT2D eigenvalue weighted by Gasteiger charge is 2.51. The molecule has 0 heterocycles. The number of carbonyl (C=O) groups excluding carboxylic acids is 1. The highest BCUT2D eigenvalue weighted by Crippen LogP contribution is 2.48. The van der Waals surface area contributed by atoms with Gasteiger partial charge in [-0.2, -0.15) is 0 Å². The van der Waals surface area contributed by atoms with Crippen molar-refractivity contribution >= 4 is 5.91 Å². The molecular formula is C13H15F3N2O. The first-order chi connectivity index (χ1) is 8.89.